The molecule has 27 heavy (non-hydrogen) atoms. The number of hydrogen-bond donors (Lipinski definition) is 1. The number of carbonyl (C=O) groups is 1. The average molecular weight is 383 g/mol. The number of aromatic carboxylic acids is 1. The predicted octanol–water partition coefficient (Wildman–Crippen LogP) is 5.43. The van der Waals surface area contributed by atoms with Crippen molar-refractivity contribution in [2.75, 3.05) is 0 Å². The van der Waals surface area contributed by atoms with Crippen LogP contribution in [-0.2, 0) is 15.8 Å². The average Bonchev–Trinajstić information content (AvgIpc) is 3.15. The normalized spacial score (nSPS) is 20.5. The van der Waals surface area contributed by atoms with Gasteiger partial charge in [-0.2, -0.15) is 0 Å². The van der Waals surface area contributed by atoms with Crippen LogP contribution in [0, 0.1) is 0 Å². The first-order valence-electron chi connectivity index (χ1n) is 9.38. The van der Waals surface area contributed by atoms with Gasteiger partial charge in [0.2, 0.25) is 0 Å². The molecule has 2 aliphatic rings. The Morgan fingerprint density at radius 2 is 1.63 bits per heavy atom. The fourth-order valence-corrected chi connectivity index (χ4v) is 4.56. The SMILES string of the molecule is CC(C)(C)[Si](C)(C)OCc1ccc2c(c1)[C@@H]1O[C@@H]2c2ccc(C(=O)O)cc21. The zero-order chi connectivity index (χ0) is 19.6. The summed E-state index contributed by atoms with van der Waals surface area (Å²) in [5.74, 6) is -0.905. The van der Waals surface area contributed by atoms with Gasteiger partial charge in [0.25, 0.3) is 0 Å². The molecule has 0 radical (unpaired) electrons. The zero-order valence-corrected chi connectivity index (χ0v) is 17.5. The summed E-state index contributed by atoms with van der Waals surface area (Å²) < 4.78 is 12.5. The van der Waals surface area contributed by atoms with Crippen molar-refractivity contribution in [3.05, 3.63) is 69.8 Å². The standard InChI is InChI=1S/C22H26O4Si/c1-22(2,3)27(4,5)25-12-13-6-8-15-17(10-13)20-18-11-14(21(23)24)7-9-16(18)19(15)26-20/h6-11,19-20H,12H2,1-5H3,(H,23,24)/t19-,20-/m0/s1. The summed E-state index contributed by atoms with van der Waals surface area (Å²) in [4.78, 5) is 11.3. The van der Waals surface area contributed by atoms with E-state index in [0.717, 1.165) is 22.3 Å². The maximum Gasteiger partial charge on any atom is 0.335 e. The lowest BCUT2D eigenvalue weighted by molar-refractivity contribution is 0.0696. The molecular formula is C22H26O4Si. The van der Waals surface area contributed by atoms with Crippen molar-refractivity contribution in [2.45, 2.75) is 57.7 Å². The second-order valence-electron chi connectivity index (χ2n) is 9.06. The van der Waals surface area contributed by atoms with Crippen molar-refractivity contribution in [1.82, 2.24) is 0 Å². The van der Waals surface area contributed by atoms with Gasteiger partial charge in [-0.15, -0.1) is 0 Å². The van der Waals surface area contributed by atoms with Gasteiger partial charge in [-0.3, -0.25) is 0 Å². The van der Waals surface area contributed by atoms with Gasteiger partial charge in [0.05, 0.1) is 12.2 Å². The molecule has 5 heteroatoms. The summed E-state index contributed by atoms with van der Waals surface area (Å²) >= 11 is 0. The molecular weight excluding hydrogens is 356 g/mol. The second-order valence-corrected chi connectivity index (χ2v) is 13.9. The minimum absolute atomic E-state index is 0.0850. The van der Waals surface area contributed by atoms with Crippen LogP contribution in [0.5, 0.6) is 0 Å². The molecule has 0 saturated heterocycles. The van der Waals surface area contributed by atoms with Crippen LogP contribution in [-0.4, -0.2) is 19.4 Å². The van der Waals surface area contributed by atoms with Crippen LogP contribution in [0.25, 0.3) is 0 Å². The van der Waals surface area contributed by atoms with Crippen LogP contribution < -0.4 is 0 Å². The molecule has 0 fully saturated rings. The molecule has 0 spiro atoms. The molecule has 4 rings (SSSR count). The quantitative estimate of drug-likeness (QED) is 0.717. The Morgan fingerprint density at radius 3 is 2.26 bits per heavy atom. The Kier molecular flexibility index (Phi) is 4.11. The van der Waals surface area contributed by atoms with Crippen LogP contribution in [0.15, 0.2) is 36.4 Å². The molecule has 2 aromatic carbocycles. The predicted molar refractivity (Wildman–Crippen MR) is 107 cm³/mol. The van der Waals surface area contributed by atoms with E-state index in [2.05, 4.69) is 52.1 Å². The van der Waals surface area contributed by atoms with E-state index < -0.39 is 14.3 Å². The zero-order valence-electron chi connectivity index (χ0n) is 16.5. The Balaban J connectivity index is 1.61. The molecule has 0 aliphatic carbocycles. The van der Waals surface area contributed by atoms with Crippen molar-refractivity contribution < 1.29 is 19.1 Å². The third-order valence-electron chi connectivity index (χ3n) is 6.29. The molecule has 2 atom stereocenters. The Bertz CT molecular complexity index is 926. The smallest absolute Gasteiger partial charge is 0.335 e. The molecule has 2 bridgehead atoms. The van der Waals surface area contributed by atoms with Crippen LogP contribution in [0.1, 0.15) is 71.2 Å². The first kappa shape index (κ1) is 18.4. The van der Waals surface area contributed by atoms with Crippen molar-refractivity contribution in [2.24, 2.45) is 0 Å². The van der Waals surface area contributed by atoms with E-state index in [-0.39, 0.29) is 17.2 Å². The number of ether oxygens (including phenoxy) is 1. The molecule has 0 unspecified atom stereocenters. The molecule has 2 aromatic rings. The van der Waals surface area contributed by atoms with Gasteiger partial charge in [-0.1, -0.05) is 45.0 Å². The summed E-state index contributed by atoms with van der Waals surface area (Å²) in [6, 6.07) is 11.7. The lowest BCUT2D eigenvalue weighted by atomic mass is 9.84. The van der Waals surface area contributed by atoms with Crippen molar-refractivity contribution >= 4 is 14.3 Å². The maximum absolute atomic E-state index is 11.3. The molecule has 4 nitrogen and oxygen atoms in total. The van der Waals surface area contributed by atoms with Gasteiger partial charge in [0.1, 0.15) is 12.2 Å². The van der Waals surface area contributed by atoms with Crippen LogP contribution in [0.4, 0.5) is 0 Å². The fraction of sp³-hybridized carbons (Fsp3) is 0.409. The van der Waals surface area contributed by atoms with E-state index in [1.807, 2.05) is 6.07 Å². The largest absolute Gasteiger partial charge is 0.478 e. The van der Waals surface area contributed by atoms with Crippen molar-refractivity contribution in [3.63, 3.8) is 0 Å². The second kappa shape index (κ2) is 6.02. The van der Waals surface area contributed by atoms with Crippen molar-refractivity contribution in [3.8, 4) is 0 Å². The van der Waals surface area contributed by atoms with E-state index in [9.17, 15) is 9.90 Å². The lowest BCUT2D eigenvalue weighted by Crippen LogP contribution is -2.40. The van der Waals surface area contributed by atoms with E-state index in [1.165, 1.54) is 5.56 Å². The third kappa shape index (κ3) is 2.94. The van der Waals surface area contributed by atoms with Crippen LogP contribution >= 0.6 is 0 Å². The van der Waals surface area contributed by atoms with Crippen LogP contribution in [0.2, 0.25) is 18.1 Å². The van der Waals surface area contributed by atoms with Crippen LogP contribution in [0.3, 0.4) is 0 Å². The summed E-state index contributed by atoms with van der Waals surface area (Å²) in [5, 5.41) is 9.46. The molecule has 0 amide bonds. The van der Waals surface area contributed by atoms with Gasteiger partial charge >= 0.3 is 5.97 Å². The van der Waals surface area contributed by atoms with Crippen molar-refractivity contribution in [1.29, 1.82) is 0 Å². The van der Waals surface area contributed by atoms with Gasteiger partial charge in [-0.25, -0.2) is 4.79 Å². The number of benzene rings is 2. The molecule has 1 N–H and O–H groups in total. The highest BCUT2D eigenvalue weighted by Gasteiger charge is 2.43. The van der Waals surface area contributed by atoms with E-state index >= 15 is 0 Å². The fourth-order valence-electron chi connectivity index (χ4n) is 3.60. The molecule has 0 saturated carbocycles. The third-order valence-corrected chi connectivity index (χ3v) is 10.8. The van der Waals surface area contributed by atoms with Gasteiger partial charge in [-0.05, 0) is 58.1 Å². The maximum atomic E-state index is 11.3. The van der Waals surface area contributed by atoms with E-state index in [0.29, 0.717) is 12.2 Å². The number of carboxylic acid groups (broad SMARTS) is 1. The van der Waals surface area contributed by atoms with Gasteiger partial charge in [0.15, 0.2) is 8.32 Å². The minimum atomic E-state index is -1.80. The monoisotopic (exact) mass is 382 g/mol. The summed E-state index contributed by atoms with van der Waals surface area (Å²) in [7, 11) is -1.80. The van der Waals surface area contributed by atoms with Gasteiger partial charge < -0.3 is 14.3 Å². The lowest BCUT2D eigenvalue weighted by Gasteiger charge is -2.36. The highest BCUT2D eigenvalue weighted by atomic mass is 28.4. The highest BCUT2D eigenvalue weighted by Crippen LogP contribution is 2.54. The topological polar surface area (TPSA) is 55.8 Å². The summed E-state index contributed by atoms with van der Waals surface area (Å²) in [6.45, 7) is 11.8. The number of carboxylic acids is 1. The number of fused-ring (bicyclic) bond motifs is 8. The molecule has 2 aliphatic heterocycles. The summed E-state index contributed by atoms with van der Waals surface area (Å²) in [5.41, 5.74) is 5.85. The summed E-state index contributed by atoms with van der Waals surface area (Å²) in [6.07, 6.45) is -0.259. The first-order chi connectivity index (χ1) is 12.6. The highest BCUT2D eigenvalue weighted by molar-refractivity contribution is 6.74. The Labute approximate surface area is 161 Å². The van der Waals surface area contributed by atoms with Gasteiger partial charge in [0, 0.05) is 0 Å². The number of rotatable bonds is 4. The molecule has 2 heterocycles. The Hall–Kier alpha value is -1.95. The molecule has 0 aromatic heterocycles. The van der Waals surface area contributed by atoms with E-state index in [4.69, 9.17) is 9.16 Å². The Morgan fingerprint density at radius 1 is 1.04 bits per heavy atom. The first-order valence-corrected chi connectivity index (χ1v) is 12.3. The number of hydrogen-bond acceptors (Lipinski definition) is 3. The van der Waals surface area contributed by atoms with E-state index in [1.54, 1.807) is 12.1 Å². The molecule has 142 valence electrons. The minimum Gasteiger partial charge on any atom is -0.478 e.